The van der Waals surface area contributed by atoms with E-state index in [9.17, 15) is 0 Å². The third-order valence-corrected chi connectivity index (χ3v) is 8.05. The summed E-state index contributed by atoms with van der Waals surface area (Å²) in [5.74, 6) is 1.78. The minimum Gasteiger partial charge on any atom is -0.456 e. The standard InChI is InChI=1S/C37H22N4O/c1-2-11-24(12-3-1)35-38-36(25-18-20-28-27-14-7-9-17-32(27)42-33(28)22-25)40-37(39-35)41-30-16-8-6-15-29(30)34-26-13-5-4-10-23(26)19-21-31(34)41/h1-22H. The van der Waals surface area contributed by atoms with Gasteiger partial charge in [-0.2, -0.15) is 9.97 Å². The van der Waals surface area contributed by atoms with Crippen molar-refractivity contribution in [3.8, 4) is 28.7 Å². The molecule has 0 aliphatic heterocycles. The lowest BCUT2D eigenvalue weighted by Crippen LogP contribution is -2.06. The number of benzene rings is 6. The highest BCUT2D eigenvalue weighted by molar-refractivity contribution is 6.21. The Bertz CT molecular complexity index is 2470. The molecule has 9 aromatic rings. The quantitative estimate of drug-likeness (QED) is 0.225. The van der Waals surface area contributed by atoms with Crippen LogP contribution in [-0.4, -0.2) is 19.5 Å². The summed E-state index contributed by atoms with van der Waals surface area (Å²) in [5.41, 5.74) is 5.57. The second kappa shape index (κ2) is 8.85. The van der Waals surface area contributed by atoms with E-state index in [-0.39, 0.29) is 0 Å². The number of rotatable bonds is 3. The second-order valence-corrected chi connectivity index (χ2v) is 10.5. The van der Waals surface area contributed by atoms with E-state index in [1.54, 1.807) is 0 Å². The molecule has 0 spiro atoms. The Morgan fingerprint density at radius 2 is 1.14 bits per heavy atom. The average Bonchev–Trinajstić information content (AvgIpc) is 3.60. The molecule has 5 heteroatoms. The average molecular weight is 539 g/mol. The molecular formula is C37H22N4O. The fourth-order valence-electron chi connectivity index (χ4n) is 6.13. The van der Waals surface area contributed by atoms with Gasteiger partial charge in [-0.05, 0) is 41.1 Å². The minimum atomic E-state index is 0.574. The number of fused-ring (bicyclic) bond motifs is 8. The van der Waals surface area contributed by atoms with Crippen molar-refractivity contribution in [3.05, 3.63) is 133 Å². The van der Waals surface area contributed by atoms with Crippen LogP contribution in [0.3, 0.4) is 0 Å². The van der Waals surface area contributed by atoms with Crippen LogP contribution in [-0.2, 0) is 0 Å². The first-order valence-corrected chi connectivity index (χ1v) is 14.0. The van der Waals surface area contributed by atoms with Gasteiger partial charge in [0.25, 0.3) is 0 Å². The molecule has 0 aliphatic carbocycles. The highest BCUT2D eigenvalue weighted by Crippen LogP contribution is 2.37. The first-order chi connectivity index (χ1) is 20.8. The Hall–Kier alpha value is -5.81. The molecule has 196 valence electrons. The molecule has 6 aromatic carbocycles. The number of para-hydroxylation sites is 2. The molecule has 0 atom stereocenters. The van der Waals surface area contributed by atoms with Crippen molar-refractivity contribution < 1.29 is 4.42 Å². The lowest BCUT2D eigenvalue weighted by molar-refractivity contribution is 0.669. The Labute approximate surface area is 240 Å². The molecule has 42 heavy (non-hydrogen) atoms. The SMILES string of the molecule is c1ccc(-c2nc(-c3ccc4c(c3)oc3ccccc34)nc(-n3c4ccccc4c4c5ccccc5ccc43)n2)cc1. The summed E-state index contributed by atoms with van der Waals surface area (Å²) in [6.45, 7) is 0. The zero-order valence-corrected chi connectivity index (χ0v) is 22.4. The van der Waals surface area contributed by atoms with E-state index < -0.39 is 0 Å². The molecule has 0 saturated heterocycles. The van der Waals surface area contributed by atoms with Crippen LogP contribution in [0.25, 0.3) is 83.2 Å². The Kier molecular flexibility index (Phi) is 4.83. The van der Waals surface area contributed by atoms with Gasteiger partial charge < -0.3 is 4.42 Å². The van der Waals surface area contributed by atoms with Crippen LogP contribution < -0.4 is 0 Å². The van der Waals surface area contributed by atoms with Crippen LogP contribution in [0.15, 0.2) is 138 Å². The van der Waals surface area contributed by atoms with Crippen LogP contribution in [0, 0.1) is 0 Å². The molecule has 0 bridgehead atoms. The van der Waals surface area contributed by atoms with E-state index >= 15 is 0 Å². The van der Waals surface area contributed by atoms with Gasteiger partial charge in [0.1, 0.15) is 11.2 Å². The van der Waals surface area contributed by atoms with E-state index in [2.05, 4.69) is 83.4 Å². The third-order valence-electron chi connectivity index (χ3n) is 8.05. The first kappa shape index (κ1) is 22.9. The van der Waals surface area contributed by atoms with Crippen LogP contribution in [0.4, 0.5) is 0 Å². The molecule has 3 heterocycles. The predicted molar refractivity (Wildman–Crippen MR) is 170 cm³/mol. The topological polar surface area (TPSA) is 56.7 Å². The van der Waals surface area contributed by atoms with Crippen molar-refractivity contribution in [2.45, 2.75) is 0 Å². The van der Waals surface area contributed by atoms with Gasteiger partial charge in [0.2, 0.25) is 5.95 Å². The lowest BCUT2D eigenvalue weighted by atomic mass is 10.0. The molecule has 0 amide bonds. The van der Waals surface area contributed by atoms with Crippen molar-refractivity contribution in [1.82, 2.24) is 19.5 Å². The Balaban J connectivity index is 1.35. The minimum absolute atomic E-state index is 0.574. The maximum Gasteiger partial charge on any atom is 0.238 e. The molecule has 0 N–H and O–H groups in total. The molecule has 0 saturated carbocycles. The maximum absolute atomic E-state index is 6.21. The first-order valence-electron chi connectivity index (χ1n) is 14.0. The van der Waals surface area contributed by atoms with E-state index in [0.29, 0.717) is 17.6 Å². The van der Waals surface area contributed by atoms with Gasteiger partial charge in [0, 0.05) is 32.7 Å². The highest BCUT2D eigenvalue weighted by atomic mass is 16.3. The van der Waals surface area contributed by atoms with Crippen molar-refractivity contribution in [2.24, 2.45) is 0 Å². The molecule has 3 aromatic heterocycles. The largest absolute Gasteiger partial charge is 0.456 e. The molecule has 0 unspecified atom stereocenters. The van der Waals surface area contributed by atoms with Gasteiger partial charge in [0.15, 0.2) is 11.6 Å². The number of hydrogen-bond donors (Lipinski definition) is 0. The molecule has 0 radical (unpaired) electrons. The fourth-order valence-corrected chi connectivity index (χ4v) is 6.13. The monoisotopic (exact) mass is 538 g/mol. The molecule has 0 fully saturated rings. The van der Waals surface area contributed by atoms with Gasteiger partial charge in [-0.3, -0.25) is 4.57 Å². The molecule has 5 nitrogen and oxygen atoms in total. The van der Waals surface area contributed by atoms with Crippen LogP contribution in [0.1, 0.15) is 0 Å². The van der Waals surface area contributed by atoms with Gasteiger partial charge in [-0.15, -0.1) is 0 Å². The van der Waals surface area contributed by atoms with Crippen molar-refractivity contribution in [2.75, 3.05) is 0 Å². The van der Waals surface area contributed by atoms with Crippen molar-refractivity contribution >= 4 is 54.5 Å². The number of aromatic nitrogens is 4. The van der Waals surface area contributed by atoms with Crippen LogP contribution >= 0.6 is 0 Å². The second-order valence-electron chi connectivity index (χ2n) is 10.5. The van der Waals surface area contributed by atoms with E-state index in [0.717, 1.165) is 49.5 Å². The third kappa shape index (κ3) is 3.40. The zero-order valence-electron chi connectivity index (χ0n) is 22.4. The Morgan fingerprint density at radius 3 is 2.02 bits per heavy atom. The smallest absolute Gasteiger partial charge is 0.238 e. The van der Waals surface area contributed by atoms with E-state index in [1.165, 1.54) is 16.2 Å². The van der Waals surface area contributed by atoms with E-state index in [1.807, 2.05) is 54.6 Å². The molecule has 9 rings (SSSR count). The highest BCUT2D eigenvalue weighted by Gasteiger charge is 2.19. The summed E-state index contributed by atoms with van der Waals surface area (Å²) in [4.78, 5) is 15.2. The summed E-state index contributed by atoms with van der Waals surface area (Å²) < 4.78 is 8.37. The summed E-state index contributed by atoms with van der Waals surface area (Å²) in [5, 5.41) is 6.93. The van der Waals surface area contributed by atoms with Gasteiger partial charge in [-0.25, -0.2) is 4.98 Å². The summed E-state index contributed by atoms with van der Waals surface area (Å²) in [7, 11) is 0. The number of nitrogens with zero attached hydrogens (tertiary/aromatic N) is 4. The van der Waals surface area contributed by atoms with E-state index in [4.69, 9.17) is 19.4 Å². The fraction of sp³-hybridized carbons (Fsp3) is 0. The Morgan fingerprint density at radius 1 is 0.452 bits per heavy atom. The lowest BCUT2D eigenvalue weighted by Gasteiger charge is -2.11. The van der Waals surface area contributed by atoms with Crippen molar-refractivity contribution in [1.29, 1.82) is 0 Å². The van der Waals surface area contributed by atoms with Crippen molar-refractivity contribution in [3.63, 3.8) is 0 Å². The van der Waals surface area contributed by atoms with Crippen LogP contribution in [0.5, 0.6) is 0 Å². The predicted octanol–water partition coefficient (Wildman–Crippen LogP) is 9.36. The zero-order chi connectivity index (χ0) is 27.6. The summed E-state index contributed by atoms with van der Waals surface area (Å²) in [6, 6.07) is 45.7. The van der Waals surface area contributed by atoms with Crippen LogP contribution in [0.2, 0.25) is 0 Å². The maximum atomic E-state index is 6.21. The summed E-state index contributed by atoms with van der Waals surface area (Å²) >= 11 is 0. The number of hydrogen-bond acceptors (Lipinski definition) is 4. The van der Waals surface area contributed by atoms with Gasteiger partial charge >= 0.3 is 0 Å². The molecular weight excluding hydrogens is 516 g/mol. The van der Waals surface area contributed by atoms with Gasteiger partial charge in [-0.1, -0.05) is 103 Å². The molecule has 0 aliphatic rings. The normalized spacial score (nSPS) is 11.8. The number of furan rings is 1. The van der Waals surface area contributed by atoms with Gasteiger partial charge in [0.05, 0.1) is 11.0 Å². The summed E-state index contributed by atoms with van der Waals surface area (Å²) in [6.07, 6.45) is 0.